The quantitative estimate of drug-likeness (QED) is 0.882. The van der Waals surface area contributed by atoms with Crippen LogP contribution in [0.15, 0.2) is 40.1 Å². The van der Waals surface area contributed by atoms with Crippen LogP contribution in [0.2, 0.25) is 0 Å². The van der Waals surface area contributed by atoms with Gasteiger partial charge < -0.3 is 15.6 Å². The lowest BCUT2D eigenvalue weighted by atomic mass is 10.0. The Kier molecular flexibility index (Phi) is 5.12. The number of nitrogen functional groups attached to an aromatic ring is 1. The van der Waals surface area contributed by atoms with Crippen molar-refractivity contribution in [1.82, 2.24) is 9.55 Å². The molecule has 0 aromatic carbocycles. The summed E-state index contributed by atoms with van der Waals surface area (Å²) in [4.78, 5) is 15.8. The van der Waals surface area contributed by atoms with Crippen molar-refractivity contribution >= 4 is 23.5 Å². The Morgan fingerprint density at radius 3 is 2.86 bits per heavy atom. The summed E-state index contributed by atoms with van der Waals surface area (Å²) in [5.74, 6) is 0.0261. The fraction of sp³-hybridized carbons (Fsp3) is 0.286. The summed E-state index contributed by atoms with van der Waals surface area (Å²) in [7, 11) is 0. The molecule has 1 aliphatic rings. The number of nitrogens with zero attached hydrogens (tertiary/aromatic N) is 2. The highest BCUT2D eigenvalue weighted by Crippen LogP contribution is 2.37. The summed E-state index contributed by atoms with van der Waals surface area (Å²) in [6, 6.07) is 0. The molecule has 1 aromatic rings. The molecule has 1 aliphatic heterocycles. The third kappa shape index (κ3) is 2.83. The van der Waals surface area contributed by atoms with E-state index < -0.39 is 24.6 Å². The maximum absolute atomic E-state index is 13.1. The van der Waals surface area contributed by atoms with Crippen molar-refractivity contribution in [3.8, 4) is 0 Å². The maximum atomic E-state index is 13.1. The second-order valence-electron chi connectivity index (χ2n) is 4.53. The fourth-order valence-corrected chi connectivity index (χ4v) is 2.43. The monoisotopic (exact) mass is 327 g/mol. The van der Waals surface area contributed by atoms with E-state index in [1.807, 2.05) is 0 Å². The number of aliphatic hydroxyl groups excluding tert-OH is 1. The number of aliphatic hydroxyl groups is 1. The van der Waals surface area contributed by atoms with E-state index in [4.69, 9.17) is 22.1 Å². The minimum Gasteiger partial charge on any atom is -0.393 e. The molecule has 2 heterocycles. The van der Waals surface area contributed by atoms with Crippen LogP contribution in [-0.4, -0.2) is 27.4 Å². The third-order valence-corrected chi connectivity index (χ3v) is 3.47. The SMILES string of the molecule is C/C=C1\C(=C/F)C(CO)OC1n1cc(/C=C\Cl)c(N)nc1=O. The predicted molar refractivity (Wildman–Crippen MR) is 81.7 cm³/mol. The van der Waals surface area contributed by atoms with Gasteiger partial charge in [0, 0.05) is 28.4 Å². The van der Waals surface area contributed by atoms with Gasteiger partial charge in [-0.1, -0.05) is 17.7 Å². The van der Waals surface area contributed by atoms with Gasteiger partial charge in [-0.05, 0) is 13.0 Å². The maximum Gasteiger partial charge on any atom is 0.351 e. The molecule has 3 N–H and O–H groups in total. The van der Waals surface area contributed by atoms with Crippen LogP contribution in [0.25, 0.3) is 6.08 Å². The normalized spacial score (nSPS) is 25.6. The summed E-state index contributed by atoms with van der Waals surface area (Å²) < 4.78 is 19.8. The van der Waals surface area contributed by atoms with Crippen LogP contribution in [0.4, 0.5) is 10.2 Å². The molecule has 2 rings (SSSR count). The number of nitrogens with two attached hydrogens (primary N) is 1. The second-order valence-corrected chi connectivity index (χ2v) is 4.78. The van der Waals surface area contributed by atoms with Gasteiger partial charge in [-0.2, -0.15) is 4.98 Å². The first-order valence-corrected chi connectivity index (χ1v) is 6.89. The van der Waals surface area contributed by atoms with E-state index in [9.17, 15) is 14.3 Å². The predicted octanol–water partition coefficient (Wildman–Crippen LogP) is 1.72. The minimum absolute atomic E-state index is 0.0261. The van der Waals surface area contributed by atoms with E-state index in [1.54, 1.807) is 13.0 Å². The van der Waals surface area contributed by atoms with E-state index >= 15 is 0 Å². The van der Waals surface area contributed by atoms with Crippen molar-refractivity contribution in [2.45, 2.75) is 19.3 Å². The summed E-state index contributed by atoms with van der Waals surface area (Å²) in [6.45, 7) is 1.28. The fourth-order valence-electron chi connectivity index (χ4n) is 2.29. The molecule has 0 bridgehead atoms. The zero-order chi connectivity index (χ0) is 16.3. The third-order valence-electron chi connectivity index (χ3n) is 3.34. The van der Waals surface area contributed by atoms with E-state index in [0.717, 1.165) is 0 Å². The number of hydrogen-bond donors (Lipinski definition) is 2. The minimum atomic E-state index is -0.896. The molecule has 118 valence electrons. The van der Waals surface area contributed by atoms with Gasteiger partial charge in [-0.25, -0.2) is 9.18 Å². The average Bonchev–Trinajstić information content (AvgIpc) is 2.87. The first-order valence-electron chi connectivity index (χ1n) is 6.46. The lowest BCUT2D eigenvalue weighted by molar-refractivity contribution is -0.00835. The molecule has 1 fully saturated rings. The second kappa shape index (κ2) is 6.87. The number of aromatic nitrogens is 2. The molecule has 0 spiro atoms. The topological polar surface area (TPSA) is 90.4 Å². The zero-order valence-corrected chi connectivity index (χ0v) is 12.5. The lowest BCUT2D eigenvalue weighted by Gasteiger charge is -2.16. The van der Waals surface area contributed by atoms with Crippen molar-refractivity contribution in [3.05, 3.63) is 51.3 Å². The first kappa shape index (κ1) is 16.4. The molecule has 0 amide bonds. The largest absolute Gasteiger partial charge is 0.393 e. The highest BCUT2D eigenvalue weighted by molar-refractivity contribution is 6.27. The first-order chi connectivity index (χ1) is 10.6. The Morgan fingerprint density at radius 2 is 2.32 bits per heavy atom. The molecule has 0 aliphatic carbocycles. The highest BCUT2D eigenvalue weighted by Gasteiger charge is 2.36. The number of anilines is 1. The van der Waals surface area contributed by atoms with Crippen LogP contribution in [0, 0.1) is 0 Å². The van der Waals surface area contributed by atoms with Crippen molar-refractivity contribution < 1.29 is 14.2 Å². The van der Waals surface area contributed by atoms with Crippen molar-refractivity contribution in [2.24, 2.45) is 0 Å². The Morgan fingerprint density at radius 1 is 1.59 bits per heavy atom. The van der Waals surface area contributed by atoms with Gasteiger partial charge in [0.1, 0.15) is 11.9 Å². The molecule has 0 radical (unpaired) electrons. The van der Waals surface area contributed by atoms with Crippen LogP contribution >= 0.6 is 11.6 Å². The molecule has 8 heteroatoms. The lowest BCUT2D eigenvalue weighted by Crippen LogP contribution is -2.29. The van der Waals surface area contributed by atoms with Crippen LogP contribution in [0.1, 0.15) is 18.7 Å². The van der Waals surface area contributed by atoms with E-state index in [2.05, 4.69) is 4.98 Å². The van der Waals surface area contributed by atoms with Crippen molar-refractivity contribution in [3.63, 3.8) is 0 Å². The Hall–Kier alpha value is -1.96. The average molecular weight is 328 g/mol. The molecule has 22 heavy (non-hydrogen) atoms. The Bertz CT molecular complexity index is 712. The molecule has 0 saturated carbocycles. The van der Waals surface area contributed by atoms with Gasteiger partial charge in [-0.15, -0.1) is 0 Å². The molecule has 1 saturated heterocycles. The summed E-state index contributed by atoms with van der Waals surface area (Å²) >= 11 is 5.52. The molecule has 1 aromatic heterocycles. The standard InChI is InChI=1S/C14H15ClFN3O3/c1-2-9-10(5-16)11(7-20)22-13(9)19-6-8(3-4-15)12(17)18-14(19)21/h2-6,11,13,20H,7H2,1H3,(H2,17,18,21)/b4-3-,9-2+,10-5+. The summed E-state index contributed by atoms with van der Waals surface area (Å²) in [5.41, 5.74) is 7.29. The van der Waals surface area contributed by atoms with Crippen LogP contribution in [0.5, 0.6) is 0 Å². The van der Waals surface area contributed by atoms with Gasteiger partial charge >= 0.3 is 5.69 Å². The zero-order valence-electron chi connectivity index (χ0n) is 11.7. The van der Waals surface area contributed by atoms with Crippen LogP contribution in [0.3, 0.4) is 0 Å². The number of ether oxygens (including phenoxy) is 1. The highest BCUT2D eigenvalue weighted by atomic mass is 35.5. The number of allylic oxidation sites excluding steroid dienone is 1. The van der Waals surface area contributed by atoms with Crippen LogP contribution in [-0.2, 0) is 4.74 Å². The smallest absolute Gasteiger partial charge is 0.351 e. The van der Waals surface area contributed by atoms with Gasteiger partial charge in [-0.3, -0.25) is 4.57 Å². The van der Waals surface area contributed by atoms with Crippen molar-refractivity contribution in [2.75, 3.05) is 12.3 Å². The van der Waals surface area contributed by atoms with Gasteiger partial charge in [0.15, 0.2) is 6.23 Å². The molecule has 2 unspecified atom stereocenters. The summed E-state index contributed by atoms with van der Waals surface area (Å²) in [5, 5.41) is 9.29. The van der Waals surface area contributed by atoms with Gasteiger partial charge in [0.2, 0.25) is 0 Å². The molecular formula is C14H15ClFN3O3. The summed E-state index contributed by atoms with van der Waals surface area (Å²) in [6.07, 6.45) is 3.13. The molecular weight excluding hydrogens is 313 g/mol. The van der Waals surface area contributed by atoms with E-state index in [-0.39, 0.29) is 11.4 Å². The van der Waals surface area contributed by atoms with Crippen molar-refractivity contribution in [1.29, 1.82) is 0 Å². The van der Waals surface area contributed by atoms with Gasteiger partial charge in [0.05, 0.1) is 12.9 Å². The Balaban J connectivity index is 2.56. The number of rotatable bonds is 3. The molecule has 6 nitrogen and oxygen atoms in total. The number of halogens is 2. The Labute approximate surface area is 131 Å². The van der Waals surface area contributed by atoms with E-state index in [1.165, 1.54) is 22.4 Å². The molecule has 2 atom stereocenters. The van der Waals surface area contributed by atoms with Crippen LogP contribution < -0.4 is 11.4 Å². The van der Waals surface area contributed by atoms with Gasteiger partial charge in [0.25, 0.3) is 0 Å². The number of hydrogen-bond acceptors (Lipinski definition) is 5. The van der Waals surface area contributed by atoms with E-state index in [0.29, 0.717) is 17.5 Å².